The summed E-state index contributed by atoms with van der Waals surface area (Å²) >= 11 is 5.47. The monoisotopic (exact) mass is 261 g/mol. The minimum Gasteiger partial charge on any atom is -0.386 e. The fraction of sp³-hybridized carbons (Fsp3) is 0.545. The quantitative estimate of drug-likeness (QED) is 0.828. The summed E-state index contributed by atoms with van der Waals surface area (Å²) in [5, 5.41) is 9.80. The van der Waals surface area contributed by atoms with E-state index in [1.165, 1.54) is 6.20 Å². The summed E-state index contributed by atoms with van der Waals surface area (Å²) in [6, 6.07) is 1.15. The number of aromatic nitrogens is 1. The van der Waals surface area contributed by atoms with Gasteiger partial charge in [-0.05, 0) is 19.9 Å². The number of hydrogen-bond acceptors (Lipinski definition) is 4. The zero-order chi connectivity index (χ0) is 12.6. The minimum absolute atomic E-state index is 0.218. The molecule has 1 aliphatic rings. The van der Waals surface area contributed by atoms with Crippen molar-refractivity contribution >= 4 is 11.6 Å². The molecule has 0 bridgehead atoms. The Hall–Kier alpha value is -0.750. The van der Waals surface area contributed by atoms with E-state index in [4.69, 9.17) is 21.1 Å². The molecule has 94 valence electrons. The van der Waals surface area contributed by atoms with Crippen molar-refractivity contribution in [1.82, 2.24) is 4.98 Å². The molecule has 6 heteroatoms. The van der Waals surface area contributed by atoms with Crippen molar-refractivity contribution < 1.29 is 19.0 Å². The van der Waals surface area contributed by atoms with Crippen LogP contribution < -0.4 is 0 Å². The molecule has 1 fully saturated rings. The van der Waals surface area contributed by atoms with Crippen molar-refractivity contribution in [2.24, 2.45) is 0 Å². The van der Waals surface area contributed by atoms with Crippen LogP contribution in [0.15, 0.2) is 12.3 Å². The summed E-state index contributed by atoms with van der Waals surface area (Å²) < 4.78 is 24.0. The van der Waals surface area contributed by atoms with Crippen LogP contribution in [-0.2, 0) is 9.47 Å². The van der Waals surface area contributed by atoms with Gasteiger partial charge in [0.05, 0.1) is 6.61 Å². The number of hydrogen-bond donors (Lipinski definition) is 1. The van der Waals surface area contributed by atoms with E-state index >= 15 is 0 Å². The molecule has 0 aliphatic carbocycles. The van der Waals surface area contributed by atoms with E-state index in [1.807, 2.05) is 0 Å². The number of nitrogens with zero attached hydrogens (tertiary/aromatic N) is 1. The third-order valence-corrected chi connectivity index (χ3v) is 2.82. The zero-order valence-corrected chi connectivity index (χ0v) is 10.2. The van der Waals surface area contributed by atoms with Crippen LogP contribution in [0.2, 0.25) is 5.15 Å². The van der Waals surface area contributed by atoms with Gasteiger partial charge in [0.1, 0.15) is 12.2 Å². The van der Waals surface area contributed by atoms with Gasteiger partial charge >= 0.3 is 0 Å². The predicted molar refractivity (Wildman–Crippen MR) is 59.1 cm³/mol. The lowest BCUT2D eigenvalue weighted by Crippen LogP contribution is -2.25. The SMILES string of the molecule is CC1(C)OC[C@H](C(O)c2cnc(Cl)c(F)c2)O1. The fourth-order valence-electron chi connectivity index (χ4n) is 1.68. The van der Waals surface area contributed by atoms with Crippen LogP contribution in [0.25, 0.3) is 0 Å². The van der Waals surface area contributed by atoms with Crippen molar-refractivity contribution in [3.8, 4) is 0 Å². The Morgan fingerprint density at radius 3 is 2.88 bits per heavy atom. The second kappa shape index (κ2) is 4.49. The highest BCUT2D eigenvalue weighted by atomic mass is 35.5. The number of halogens is 2. The molecule has 4 nitrogen and oxygen atoms in total. The van der Waals surface area contributed by atoms with Crippen molar-refractivity contribution in [2.75, 3.05) is 6.61 Å². The van der Waals surface area contributed by atoms with Crippen molar-refractivity contribution in [1.29, 1.82) is 0 Å². The third-order valence-electron chi connectivity index (χ3n) is 2.54. The van der Waals surface area contributed by atoms with Crippen molar-refractivity contribution in [3.63, 3.8) is 0 Å². The molecule has 1 aliphatic heterocycles. The van der Waals surface area contributed by atoms with Gasteiger partial charge < -0.3 is 14.6 Å². The smallest absolute Gasteiger partial charge is 0.164 e. The maximum Gasteiger partial charge on any atom is 0.164 e. The van der Waals surface area contributed by atoms with Gasteiger partial charge in [-0.3, -0.25) is 0 Å². The number of aliphatic hydroxyl groups excluding tert-OH is 1. The van der Waals surface area contributed by atoms with E-state index in [2.05, 4.69) is 4.98 Å². The summed E-state index contributed by atoms with van der Waals surface area (Å²) in [6.07, 6.45) is -0.200. The highest BCUT2D eigenvalue weighted by molar-refractivity contribution is 6.29. The molecule has 2 rings (SSSR count). The number of ether oxygens (including phenoxy) is 2. The van der Waals surface area contributed by atoms with Gasteiger partial charge in [-0.25, -0.2) is 9.37 Å². The average Bonchev–Trinajstić information content (AvgIpc) is 2.62. The van der Waals surface area contributed by atoms with E-state index < -0.39 is 23.8 Å². The molecule has 17 heavy (non-hydrogen) atoms. The maximum atomic E-state index is 13.2. The van der Waals surface area contributed by atoms with Gasteiger partial charge in [-0.15, -0.1) is 0 Å². The van der Waals surface area contributed by atoms with Crippen LogP contribution in [0.5, 0.6) is 0 Å². The third kappa shape index (κ3) is 2.74. The Labute approximate surface area is 103 Å². The van der Waals surface area contributed by atoms with E-state index in [9.17, 15) is 9.50 Å². The van der Waals surface area contributed by atoms with E-state index in [0.717, 1.165) is 6.07 Å². The molecule has 2 atom stereocenters. The molecule has 1 aromatic heterocycles. The second-order valence-corrected chi connectivity index (χ2v) is 4.71. The van der Waals surface area contributed by atoms with Gasteiger partial charge in [0.15, 0.2) is 16.8 Å². The minimum atomic E-state index is -0.990. The molecule has 0 saturated carbocycles. The van der Waals surface area contributed by atoms with E-state index in [0.29, 0.717) is 5.56 Å². The standard InChI is InChI=1S/C11H13ClFNO3/c1-11(2)16-5-8(17-11)9(15)6-3-7(13)10(12)14-4-6/h3-4,8-9,15H,5H2,1-2H3/t8-,9?/m1/s1. The molecule has 1 N–H and O–H groups in total. The Kier molecular flexibility index (Phi) is 3.36. The van der Waals surface area contributed by atoms with Crippen molar-refractivity contribution in [2.45, 2.75) is 31.8 Å². The first-order chi connectivity index (χ1) is 7.89. The first-order valence-electron chi connectivity index (χ1n) is 5.20. The highest BCUT2D eigenvalue weighted by Gasteiger charge is 2.37. The molecule has 0 amide bonds. The van der Waals surface area contributed by atoms with Crippen LogP contribution in [0, 0.1) is 5.82 Å². The molecule has 0 radical (unpaired) electrons. The lowest BCUT2D eigenvalue weighted by Gasteiger charge is -2.20. The van der Waals surface area contributed by atoms with Crippen LogP contribution >= 0.6 is 11.6 Å². The van der Waals surface area contributed by atoms with Gasteiger partial charge in [-0.1, -0.05) is 11.6 Å². The Morgan fingerprint density at radius 1 is 1.65 bits per heavy atom. The lowest BCUT2D eigenvalue weighted by molar-refractivity contribution is -0.151. The molecular weight excluding hydrogens is 249 g/mol. The van der Waals surface area contributed by atoms with Gasteiger partial charge in [0.2, 0.25) is 0 Å². The van der Waals surface area contributed by atoms with Gasteiger partial charge in [0, 0.05) is 11.8 Å². The summed E-state index contributed by atoms with van der Waals surface area (Å²) in [7, 11) is 0. The molecule has 1 saturated heterocycles. The highest BCUT2D eigenvalue weighted by Crippen LogP contribution is 2.31. The molecule has 2 heterocycles. The zero-order valence-electron chi connectivity index (χ0n) is 9.48. The molecular formula is C11H13ClFNO3. The van der Waals surface area contributed by atoms with E-state index in [-0.39, 0.29) is 11.8 Å². The number of rotatable bonds is 2. The summed E-state index contributed by atoms with van der Waals surface area (Å²) in [4.78, 5) is 3.64. The normalized spacial score (nSPS) is 24.9. The number of pyridine rings is 1. The second-order valence-electron chi connectivity index (χ2n) is 4.35. The van der Waals surface area contributed by atoms with Crippen LogP contribution in [0.4, 0.5) is 4.39 Å². The fourth-order valence-corrected chi connectivity index (χ4v) is 1.79. The Morgan fingerprint density at radius 2 is 2.35 bits per heavy atom. The first kappa shape index (κ1) is 12.7. The maximum absolute atomic E-state index is 13.2. The van der Waals surface area contributed by atoms with Crippen LogP contribution in [0.3, 0.4) is 0 Å². The molecule has 1 unspecified atom stereocenters. The Balaban J connectivity index is 2.15. The van der Waals surface area contributed by atoms with Crippen molar-refractivity contribution in [3.05, 3.63) is 28.8 Å². The van der Waals surface area contributed by atoms with Crippen LogP contribution in [0.1, 0.15) is 25.5 Å². The topological polar surface area (TPSA) is 51.6 Å². The van der Waals surface area contributed by atoms with Crippen LogP contribution in [-0.4, -0.2) is 28.6 Å². The Bertz CT molecular complexity index is 427. The van der Waals surface area contributed by atoms with Gasteiger partial charge in [0.25, 0.3) is 0 Å². The van der Waals surface area contributed by atoms with E-state index in [1.54, 1.807) is 13.8 Å². The predicted octanol–water partition coefficient (Wildman–Crippen LogP) is 2.06. The molecule has 1 aromatic rings. The largest absolute Gasteiger partial charge is 0.386 e. The summed E-state index contributed by atoms with van der Waals surface area (Å²) in [5.41, 5.74) is 0.318. The average molecular weight is 262 g/mol. The summed E-state index contributed by atoms with van der Waals surface area (Å²) in [6.45, 7) is 3.75. The van der Waals surface area contributed by atoms with Gasteiger partial charge in [-0.2, -0.15) is 0 Å². The number of aliphatic hydroxyl groups is 1. The molecule has 0 aromatic carbocycles. The molecule has 0 spiro atoms. The lowest BCUT2D eigenvalue weighted by atomic mass is 10.1. The first-order valence-corrected chi connectivity index (χ1v) is 5.57. The summed E-state index contributed by atoms with van der Waals surface area (Å²) in [5.74, 6) is -1.40.